The second kappa shape index (κ2) is 11.4. The Hall–Kier alpha value is -2.59. The zero-order valence-electron chi connectivity index (χ0n) is 21.3. The highest BCUT2D eigenvalue weighted by Gasteiger charge is 2.27. The van der Waals surface area contributed by atoms with E-state index in [0.717, 1.165) is 51.9 Å². The number of hydrogen-bond acceptors (Lipinski definition) is 2. The lowest BCUT2D eigenvalue weighted by molar-refractivity contribution is -0.127. The molecule has 1 N–H and O–H groups in total. The molecule has 0 radical (unpaired) electrons. The molecule has 1 saturated carbocycles. The number of carbonyl (C=O) groups excluding carboxylic acids is 1. The van der Waals surface area contributed by atoms with Crippen LogP contribution in [0.1, 0.15) is 74.6 Å². The van der Waals surface area contributed by atoms with Gasteiger partial charge in [0.15, 0.2) is 0 Å². The van der Waals surface area contributed by atoms with E-state index < -0.39 is 0 Å². The van der Waals surface area contributed by atoms with E-state index in [0.29, 0.717) is 11.9 Å². The zero-order valence-corrected chi connectivity index (χ0v) is 21.3. The van der Waals surface area contributed by atoms with Gasteiger partial charge in [-0.05, 0) is 74.3 Å². The lowest BCUT2D eigenvalue weighted by Gasteiger charge is -2.32. The summed E-state index contributed by atoms with van der Waals surface area (Å²) in [7, 11) is 0. The van der Waals surface area contributed by atoms with Crippen molar-refractivity contribution in [3.63, 3.8) is 0 Å². The van der Waals surface area contributed by atoms with Gasteiger partial charge in [0.05, 0.1) is 0 Å². The highest BCUT2D eigenvalue weighted by molar-refractivity contribution is 5.81. The monoisotopic (exact) mass is 471 g/mol. The first kappa shape index (κ1) is 24.1. The maximum Gasteiger partial charge on any atom is 0.223 e. The molecular weight excluding hydrogens is 430 g/mol. The number of nitrogens with zero attached hydrogens (tertiary/aromatic N) is 2. The molecule has 0 bridgehead atoms. The van der Waals surface area contributed by atoms with Crippen LogP contribution in [-0.4, -0.2) is 34.5 Å². The van der Waals surface area contributed by atoms with Gasteiger partial charge in [0.25, 0.3) is 0 Å². The number of benzene rings is 2. The van der Waals surface area contributed by atoms with Crippen LogP contribution in [0.15, 0.2) is 54.6 Å². The Morgan fingerprint density at radius 1 is 0.857 bits per heavy atom. The minimum atomic E-state index is 0.175. The van der Waals surface area contributed by atoms with Crippen LogP contribution in [0.2, 0.25) is 0 Å². The van der Waals surface area contributed by atoms with Crippen molar-refractivity contribution in [3.05, 3.63) is 71.4 Å². The van der Waals surface area contributed by atoms with Crippen molar-refractivity contribution in [1.29, 1.82) is 0 Å². The van der Waals surface area contributed by atoms with Crippen molar-refractivity contribution in [2.24, 2.45) is 5.92 Å². The lowest BCUT2D eigenvalue weighted by atomic mass is 9.93. The van der Waals surface area contributed by atoms with Crippen LogP contribution < -0.4 is 5.32 Å². The topological polar surface area (TPSA) is 37.3 Å². The number of amides is 1. The summed E-state index contributed by atoms with van der Waals surface area (Å²) in [6, 6.07) is 20.2. The highest BCUT2D eigenvalue weighted by Crippen LogP contribution is 2.26. The molecule has 1 saturated heterocycles. The van der Waals surface area contributed by atoms with Gasteiger partial charge in [-0.1, -0.05) is 74.6 Å². The Morgan fingerprint density at radius 2 is 1.54 bits per heavy atom. The highest BCUT2D eigenvalue weighted by atomic mass is 16.1. The average Bonchev–Trinajstić information content (AvgIpc) is 3.19. The van der Waals surface area contributed by atoms with Gasteiger partial charge in [-0.15, -0.1) is 0 Å². The Labute approximate surface area is 210 Å². The Kier molecular flexibility index (Phi) is 7.88. The Morgan fingerprint density at radius 3 is 2.31 bits per heavy atom. The molecule has 4 nitrogen and oxygen atoms in total. The molecule has 2 fully saturated rings. The SMILES string of the molecule is Cc1ccccc1Cn1c(CN2CCC(C(=O)NC3CCCCCCC3)CC2)cc2ccccc21. The molecule has 1 aromatic heterocycles. The standard InChI is InChI=1S/C31H41N3O/c1-24-11-7-8-13-27(24)22-34-29(21-26-12-9-10-16-30(26)34)23-33-19-17-25(18-20-33)31(35)32-28-14-5-3-2-4-6-15-28/h7-13,16,21,25,28H,2-6,14-15,17-20,22-23H2,1H3,(H,32,35). The first-order chi connectivity index (χ1) is 17.2. The van der Waals surface area contributed by atoms with Gasteiger partial charge >= 0.3 is 0 Å². The smallest absolute Gasteiger partial charge is 0.223 e. The number of piperidine rings is 1. The molecule has 2 aromatic carbocycles. The number of aromatic nitrogens is 1. The molecule has 0 spiro atoms. The largest absolute Gasteiger partial charge is 0.353 e. The van der Waals surface area contributed by atoms with Crippen molar-refractivity contribution in [1.82, 2.24) is 14.8 Å². The maximum absolute atomic E-state index is 13.0. The van der Waals surface area contributed by atoms with E-state index in [1.54, 1.807) is 0 Å². The average molecular weight is 472 g/mol. The Bertz CT molecular complexity index is 1120. The summed E-state index contributed by atoms with van der Waals surface area (Å²) >= 11 is 0. The summed E-state index contributed by atoms with van der Waals surface area (Å²) in [6.07, 6.45) is 10.8. The number of nitrogens with one attached hydrogen (secondary N) is 1. The predicted molar refractivity (Wildman–Crippen MR) is 144 cm³/mol. The normalized spacial score (nSPS) is 18.9. The summed E-state index contributed by atoms with van der Waals surface area (Å²) in [4.78, 5) is 15.5. The first-order valence-electron chi connectivity index (χ1n) is 13.8. The fourth-order valence-electron chi connectivity index (χ4n) is 6.04. The van der Waals surface area contributed by atoms with Crippen LogP contribution in [0.25, 0.3) is 10.9 Å². The van der Waals surface area contributed by atoms with E-state index in [2.05, 4.69) is 76.3 Å². The fourth-order valence-corrected chi connectivity index (χ4v) is 6.04. The van der Waals surface area contributed by atoms with E-state index in [4.69, 9.17) is 0 Å². The third-order valence-electron chi connectivity index (χ3n) is 8.28. The molecule has 1 aliphatic heterocycles. The van der Waals surface area contributed by atoms with Crippen LogP contribution >= 0.6 is 0 Å². The van der Waals surface area contributed by atoms with Crippen molar-refractivity contribution in [3.8, 4) is 0 Å². The van der Waals surface area contributed by atoms with E-state index in [-0.39, 0.29) is 5.92 Å². The van der Waals surface area contributed by atoms with Gasteiger partial charge in [-0.3, -0.25) is 9.69 Å². The number of carbonyl (C=O) groups is 1. The molecule has 5 rings (SSSR count). The summed E-state index contributed by atoms with van der Waals surface area (Å²) < 4.78 is 2.49. The molecule has 35 heavy (non-hydrogen) atoms. The third-order valence-corrected chi connectivity index (χ3v) is 8.28. The number of hydrogen-bond donors (Lipinski definition) is 1. The number of likely N-dealkylation sites (tertiary alicyclic amines) is 1. The van der Waals surface area contributed by atoms with Gasteiger partial charge in [0.1, 0.15) is 0 Å². The van der Waals surface area contributed by atoms with E-state index >= 15 is 0 Å². The van der Waals surface area contributed by atoms with Crippen LogP contribution in [-0.2, 0) is 17.9 Å². The molecule has 2 aliphatic rings. The van der Waals surface area contributed by atoms with Crippen LogP contribution in [0, 0.1) is 12.8 Å². The van der Waals surface area contributed by atoms with Crippen LogP contribution in [0.4, 0.5) is 0 Å². The van der Waals surface area contributed by atoms with Crippen molar-refractivity contribution >= 4 is 16.8 Å². The first-order valence-corrected chi connectivity index (χ1v) is 13.8. The zero-order chi connectivity index (χ0) is 24.0. The summed E-state index contributed by atoms with van der Waals surface area (Å²) in [5.41, 5.74) is 5.39. The molecule has 4 heteroatoms. The Balaban J connectivity index is 1.22. The van der Waals surface area contributed by atoms with Gasteiger partial charge in [0, 0.05) is 36.3 Å². The lowest BCUT2D eigenvalue weighted by Crippen LogP contribution is -2.44. The molecule has 1 amide bonds. The van der Waals surface area contributed by atoms with E-state index in [1.807, 2.05) is 0 Å². The second-order valence-corrected chi connectivity index (χ2v) is 10.8. The van der Waals surface area contributed by atoms with Crippen LogP contribution in [0.3, 0.4) is 0 Å². The van der Waals surface area contributed by atoms with Gasteiger partial charge in [-0.25, -0.2) is 0 Å². The summed E-state index contributed by atoms with van der Waals surface area (Å²) in [5, 5.41) is 4.73. The molecule has 0 unspecified atom stereocenters. The van der Waals surface area contributed by atoms with Crippen LogP contribution in [0.5, 0.6) is 0 Å². The van der Waals surface area contributed by atoms with E-state index in [9.17, 15) is 4.79 Å². The molecule has 186 valence electrons. The number of para-hydroxylation sites is 1. The maximum atomic E-state index is 13.0. The quantitative estimate of drug-likeness (QED) is 0.449. The third kappa shape index (κ3) is 5.98. The molecule has 1 aliphatic carbocycles. The van der Waals surface area contributed by atoms with Crippen molar-refractivity contribution in [2.75, 3.05) is 13.1 Å². The van der Waals surface area contributed by atoms with Gasteiger partial charge < -0.3 is 9.88 Å². The predicted octanol–water partition coefficient (Wildman–Crippen LogP) is 6.44. The van der Waals surface area contributed by atoms with Gasteiger partial charge in [0.2, 0.25) is 5.91 Å². The summed E-state index contributed by atoms with van der Waals surface area (Å²) in [5.74, 6) is 0.485. The number of rotatable bonds is 6. The fraction of sp³-hybridized carbons (Fsp3) is 0.516. The summed E-state index contributed by atoms with van der Waals surface area (Å²) in [6.45, 7) is 6.03. The van der Waals surface area contributed by atoms with Crippen molar-refractivity contribution in [2.45, 2.75) is 83.8 Å². The minimum Gasteiger partial charge on any atom is -0.353 e. The number of fused-ring (bicyclic) bond motifs is 1. The number of aryl methyl sites for hydroxylation is 1. The molecule has 3 aromatic rings. The van der Waals surface area contributed by atoms with Crippen molar-refractivity contribution < 1.29 is 4.79 Å². The van der Waals surface area contributed by atoms with Gasteiger partial charge in [-0.2, -0.15) is 0 Å². The second-order valence-electron chi connectivity index (χ2n) is 10.8. The molecule has 0 atom stereocenters. The van der Waals surface area contributed by atoms with E-state index in [1.165, 1.54) is 59.8 Å². The molecule has 2 heterocycles. The minimum absolute atomic E-state index is 0.175. The molecular formula is C31H41N3O.